The van der Waals surface area contributed by atoms with E-state index in [1.54, 1.807) is 12.1 Å². The van der Waals surface area contributed by atoms with Crippen molar-refractivity contribution < 1.29 is 13.7 Å². The zero-order chi connectivity index (χ0) is 14.1. The first-order valence-electron chi connectivity index (χ1n) is 6.45. The van der Waals surface area contributed by atoms with Crippen LogP contribution in [0, 0.1) is 5.82 Å². The molecule has 1 aliphatic heterocycles. The van der Waals surface area contributed by atoms with Gasteiger partial charge < -0.3 is 15.0 Å². The number of hydrogen-bond donors (Lipinski definition) is 1. The predicted octanol–water partition coefficient (Wildman–Crippen LogP) is 3.61. The Balaban J connectivity index is 2.09. The van der Waals surface area contributed by atoms with Crippen LogP contribution in [0.15, 0.2) is 22.7 Å². The van der Waals surface area contributed by atoms with Crippen LogP contribution < -0.4 is 5.73 Å². The van der Waals surface area contributed by atoms with E-state index in [4.69, 9.17) is 26.6 Å². The van der Waals surface area contributed by atoms with Crippen molar-refractivity contribution in [2.75, 3.05) is 18.9 Å². The van der Waals surface area contributed by atoms with E-state index in [0.29, 0.717) is 30.1 Å². The molecular formula is C14H14ClFN2O2. The van der Waals surface area contributed by atoms with Gasteiger partial charge in [-0.15, -0.1) is 0 Å². The van der Waals surface area contributed by atoms with Crippen molar-refractivity contribution in [3.8, 4) is 11.1 Å². The summed E-state index contributed by atoms with van der Waals surface area (Å²) in [5.41, 5.74) is 6.70. The highest BCUT2D eigenvalue weighted by Crippen LogP contribution is 2.40. The van der Waals surface area contributed by atoms with Crippen molar-refractivity contribution in [3.63, 3.8) is 0 Å². The van der Waals surface area contributed by atoms with Crippen LogP contribution in [0.3, 0.4) is 0 Å². The number of benzene rings is 1. The van der Waals surface area contributed by atoms with Gasteiger partial charge in [0, 0.05) is 24.7 Å². The van der Waals surface area contributed by atoms with E-state index < -0.39 is 5.82 Å². The van der Waals surface area contributed by atoms with Gasteiger partial charge in [-0.25, -0.2) is 4.39 Å². The smallest absolute Gasteiger partial charge is 0.175 e. The molecule has 20 heavy (non-hydrogen) atoms. The largest absolute Gasteiger partial charge is 0.381 e. The Morgan fingerprint density at radius 3 is 2.80 bits per heavy atom. The summed E-state index contributed by atoms with van der Waals surface area (Å²) < 4.78 is 24.9. The van der Waals surface area contributed by atoms with Gasteiger partial charge in [0.15, 0.2) is 5.82 Å². The summed E-state index contributed by atoms with van der Waals surface area (Å²) in [7, 11) is 0. The van der Waals surface area contributed by atoms with Gasteiger partial charge in [0.2, 0.25) is 0 Å². The quantitative estimate of drug-likeness (QED) is 0.919. The molecule has 2 aromatic rings. The summed E-state index contributed by atoms with van der Waals surface area (Å²) >= 11 is 5.83. The van der Waals surface area contributed by atoms with Gasteiger partial charge in [-0.05, 0) is 18.9 Å². The Morgan fingerprint density at radius 2 is 2.05 bits per heavy atom. The maximum Gasteiger partial charge on any atom is 0.175 e. The van der Waals surface area contributed by atoms with Gasteiger partial charge in [-0.1, -0.05) is 28.9 Å². The molecule has 1 fully saturated rings. The molecule has 2 N–H and O–H groups in total. The standard InChI is InChI=1S/C14H14ClFN2O2/c15-10-3-1-2-9(12(10)16)11-13(20-18-14(11)17)8-4-6-19-7-5-8/h1-3,8H,4-7H2,(H2,17,18). The third-order valence-electron chi connectivity index (χ3n) is 3.56. The van der Waals surface area contributed by atoms with Crippen molar-refractivity contribution in [2.24, 2.45) is 0 Å². The summed E-state index contributed by atoms with van der Waals surface area (Å²) in [6.45, 7) is 1.31. The molecule has 1 saturated heterocycles. The van der Waals surface area contributed by atoms with E-state index in [-0.39, 0.29) is 16.8 Å². The lowest BCUT2D eigenvalue weighted by atomic mass is 9.92. The molecule has 0 amide bonds. The number of rotatable bonds is 2. The first kappa shape index (κ1) is 13.4. The summed E-state index contributed by atoms with van der Waals surface area (Å²) in [6.07, 6.45) is 1.62. The van der Waals surface area contributed by atoms with Gasteiger partial charge >= 0.3 is 0 Å². The monoisotopic (exact) mass is 296 g/mol. The lowest BCUT2D eigenvalue weighted by Gasteiger charge is -2.20. The lowest BCUT2D eigenvalue weighted by Crippen LogP contribution is -2.14. The SMILES string of the molecule is Nc1noc(C2CCOCC2)c1-c1cccc(Cl)c1F. The Kier molecular flexibility index (Phi) is 3.63. The molecule has 6 heteroatoms. The lowest BCUT2D eigenvalue weighted by molar-refractivity contribution is 0.0792. The Morgan fingerprint density at radius 1 is 1.30 bits per heavy atom. The van der Waals surface area contributed by atoms with E-state index in [1.807, 2.05) is 0 Å². The maximum absolute atomic E-state index is 14.2. The third-order valence-corrected chi connectivity index (χ3v) is 3.85. The second-order valence-corrected chi connectivity index (χ2v) is 5.20. The minimum Gasteiger partial charge on any atom is -0.381 e. The molecular weight excluding hydrogens is 283 g/mol. The number of anilines is 1. The van der Waals surface area contributed by atoms with Gasteiger partial charge in [0.25, 0.3) is 0 Å². The van der Waals surface area contributed by atoms with Crippen LogP contribution in [0.4, 0.5) is 10.2 Å². The number of nitrogens with zero attached hydrogens (tertiary/aromatic N) is 1. The van der Waals surface area contributed by atoms with Crippen molar-refractivity contribution in [1.82, 2.24) is 5.16 Å². The zero-order valence-electron chi connectivity index (χ0n) is 10.7. The average Bonchev–Trinajstić information content (AvgIpc) is 2.85. The Hall–Kier alpha value is -1.59. The van der Waals surface area contributed by atoms with Gasteiger partial charge in [-0.3, -0.25) is 0 Å². The molecule has 0 saturated carbocycles. The second kappa shape index (κ2) is 5.42. The molecule has 0 aliphatic carbocycles. The van der Waals surface area contributed by atoms with Crippen molar-refractivity contribution in [3.05, 3.63) is 34.8 Å². The summed E-state index contributed by atoms with van der Waals surface area (Å²) in [5.74, 6) is 0.443. The third kappa shape index (κ3) is 2.27. The van der Waals surface area contributed by atoms with Crippen molar-refractivity contribution >= 4 is 17.4 Å². The summed E-state index contributed by atoms with van der Waals surface area (Å²) in [6, 6.07) is 4.81. The number of nitrogen functional groups attached to an aromatic ring is 1. The van der Waals surface area contributed by atoms with Gasteiger partial charge in [0.05, 0.1) is 10.6 Å². The first-order valence-corrected chi connectivity index (χ1v) is 6.83. The Labute approximate surface area is 120 Å². The van der Waals surface area contributed by atoms with E-state index in [1.165, 1.54) is 6.07 Å². The van der Waals surface area contributed by atoms with Crippen LogP contribution in [-0.4, -0.2) is 18.4 Å². The number of hydrogen-bond acceptors (Lipinski definition) is 4. The fourth-order valence-electron chi connectivity index (χ4n) is 2.52. The van der Waals surface area contributed by atoms with Crippen molar-refractivity contribution in [2.45, 2.75) is 18.8 Å². The molecule has 0 atom stereocenters. The van der Waals surface area contributed by atoms with Crippen LogP contribution in [-0.2, 0) is 4.74 Å². The van der Waals surface area contributed by atoms with E-state index in [2.05, 4.69) is 5.16 Å². The fraction of sp³-hybridized carbons (Fsp3) is 0.357. The molecule has 3 rings (SSSR count). The molecule has 4 nitrogen and oxygen atoms in total. The van der Waals surface area contributed by atoms with Crippen LogP contribution >= 0.6 is 11.6 Å². The number of nitrogens with two attached hydrogens (primary N) is 1. The normalized spacial score (nSPS) is 16.5. The second-order valence-electron chi connectivity index (χ2n) is 4.80. The van der Waals surface area contributed by atoms with Crippen molar-refractivity contribution in [1.29, 1.82) is 0 Å². The maximum atomic E-state index is 14.2. The highest BCUT2D eigenvalue weighted by Gasteiger charge is 2.27. The molecule has 0 bridgehead atoms. The van der Waals surface area contributed by atoms with Crippen LogP contribution in [0.25, 0.3) is 11.1 Å². The van der Waals surface area contributed by atoms with Gasteiger partial charge in [0.1, 0.15) is 11.6 Å². The minimum absolute atomic E-state index is 0.0565. The first-order chi connectivity index (χ1) is 9.68. The van der Waals surface area contributed by atoms with E-state index in [0.717, 1.165) is 12.8 Å². The number of aromatic nitrogens is 1. The molecule has 0 radical (unpaired) electrons. The summed E-state index contributed by atoms with van der Waals surface area (Å²) in [4.78, 5) is 0. The molecule has 1 aromatic carbocycles. The van der Waals surface area contributed by atoms with Crippen LogP contribution in [0.2, 0.25) is 5.02 Å². The number of ether oxygens (including phenoxy) is 1. The van der Waals surface area contributed by atoms with Gasteiger partial charge in [-0.2, -0.15) is 0 Å². The Bertz CT molecular complexity index is 624. The number of halogens is 2. The molecule has 1 aliphatic rings. The predicted molar refractivity (Wildman–Crippen MR) is 74.1 cm³/mol. The summed E-state index contributed by atoms with van der Waals surface area (Å²) in [5, 5.41) is 3.85. The molecule has 0 unspecified atom stereocenters. The molecule has 2 heterocycles. The highest BCUT2D eigenvalue weighted by molar-refractivity contribution is 6.31. The van der Waals surface area contributed by atoms with E-state index >= 15 is 0 Å². The molecule has 106 valence electrons. The fourth-order valence-corrected chi connectivity index (χ4v) is 2.70. The minimum atomic E-state index is -0.502. The topological polar surface area (TPSA) is 61.3 Å². The van der Waals surface area contributed by atoms with Crippen LogP contribution in [0.5, 0.6) is 0 Å². The van der Waals surface area contributed by atoms with Crippen LogP contribution in [0.1, 0.15) is 24.5 Å². The average molecular weight is 297 g/mol. The van der Waals surface area contributed by atoms with E-state index in [9.17, 15) is 4.39 Å². The zero-order valence-corrected chi connectivity index (χ0v) is 11.5. The molecule has 0 spiro atoms. The molecule has 1 aromatic heterocycles. The highest BCUT2D eigenvalue weighted by atomic mass is 35.5.